The van der Waals surface area contributed by atoms with Gasteiger partial charge in [-0.1, -0.05) is 33.1 Å². The molecule has 1 aromatic heterocycles. The number of nitrogen functional groups attached to an aromatic ring is 1. The summed E-state index contributed by atoms with van der Waals surface area (Å²) in [7, 11) is 0. The lowest BCUT2D eigenvalue weighted by atomic mass is 9.80. The number of nitrogens with two attached hydrogens (primary N) is 1. The van der Waals surface area contributed by atoms with Gasteiger partial charge in [0.1, 0.15) is 18.0 Å². The fourth-order valence-electron chi connectivity index (χ4n) is 2.85. The van der Waals surface area contributed by atoms with Crippen molar-refractivity contribution in [3.05, 3.63) is 11.9 Å². The van der Waals surface area contributed by atoms with Crippen LogP contribution in [0.2, 0.25) is 0 Å². The molecule has 3 N–H and O–H groups in total. The van der Waals surface area contributed by atoms with Gasteiger partial charge in [-0.3, -0.25) is 0 Å². The number of hydrogen-bond acceptors (Lipinski definition) is 4. The molecule has 0 amide bonds. The topological polar surface area (TPSA) is 63.8 Å². The average molecular weight is 248 g/mol. The van der Waals surface area contributed by atoms with Gasteiger partial charge in [0.05, 0.1) is 0 Å². The van der Waals surface area contributed by atoms with E-state index in [2.05, 4.69) is 29.1 Å². The van der Waals surface area contributed by atoms with E-state index in [0.717, 1.165) is 36.2 Å². The van der Waals surface area contributed by atoms with Crippen molar-refractivity contribution in [3.63, 3.8) is 0 Å². The van der Waals surface area contributed by atoms with Gasteiger partial charge in [0.15, 0.2) is 0 Å². The molecule has 1 aliphatic carbocycles. The first kappa shape index (κ1) is 13.1. The monoisotopic (exact) mass is 248 g/mol. The Hall–Kier alpha value is -1.32. The van der Waals surface area contributed by atoms with Crippen LogP contribution >= 0.6 is 0 Å². The van der Waals surface area contributed by atoms with Crippen LogP contribution in [0.5, 0.6) is 0 Å². The second-order valence-electron chi connectivity index (χ2n) is 5.34. The maximum absolute atomic E-state index is 5.88. The molecule has 18 heavy (non-hydrogen) atoms. The highest BCUT2D eigenvalue weighted by Gasteiger charge is 2.21. The van der Waals surface area contributed by atoms with Gasteiger partial charge in [-0.15, -0.1) is 0 Å². The second kappa shape index (κ2) is 6.03. The average Bonchev–Trinajstić information content (AvgIpc) is 2.38. The lowest BCUT2D eigenvalue weighted by molar-refractivity contribution is 0.268. The molecule has 0 saturated heterocycles. The number of rotatable bonds is 4. The molecule has 1 fully saturated rings. The highest BCUT2D eigenvalue weighted by atomic mass is 15.0. The van der Waals surface area contributed by atoms with Crippen LogP contribution in [0.4, 0.5) is 11.6 Å². The Bertz CT molecular complexity index is 391. The van der Waals surface area contributed by atoms with Crippen molar-refractivity contribution in [1.29, 1.82) is 0 Å². The third-order valence-electron chi connectivity index (χ3n) is 4.15. The number of hydrogen-bond donors (Lipinski definition) is 2. The smallest absolute Gasteiger partial charge is 0.134 e. The Morgan fingerprint density at radius 1 is 1.33 bits per heavy atom. The van der Waals surface area contributed by atoms with Crippen molar-refractivity contribution >= 4 is 11.6 Å². The molecule has 1 aromatic rings. The van der Waals surface area contributed by atoms with Crippen LogP contribution in [0.3, 0.4) is 0 Å². The molecule has 2 atom stereocenters. The summed E-state index contributed by atoms with van der Waals surface area (Å²) < 4.78 is 0. The van der Waals surface area contributed by atoms with Crippen LogP contribution in [0.25, 0.3) is 0 Å². The molecule has 4 heteroatoms. The highest BCUT2D eigenvalue weighted by molar-refractivity contribution is 5.54. The largest absolute Gasteiger partial charge is 0.383 e. The molecule has 2 unspecified atom stereocenters. The molecule has 2 rings (SSSR count). The Labute approximate surface area is 109 Å². The fourth-order valence-corrected chi connectivity index (χ4v) is 2.85. The first-order valence-corrected chi connectivity index (χ1v) is 7.05. The van der Waals surface area contributed by atoms with Crippen LogP contribution in [-0.4, -0.2) is 16.5 Å². The van der Waals surface area contributed by atoms with Crippen molar-refractivity contribution in [3.8, 4) is 0 Å². The highest BCUT2D eigenvalue weighted by Crippen LogP contribution is 2.30. The van der Waals surface area contributed by atoms with Crippen LogP contribution < -0.4 is 11.1 Å². The predicted octanol–water partition coefficient (Wildman–Crippen LogP) is 2.86. The zero-order valence-corrected chi connectivity index (χ0v) is 11.4. The lowest BCUT2D eigenvalue weighted by Crippen LogP contribution is -2.25. The number of nitrogens with zero attached hydrogens (tertiary/aromatic N) is 2. The number of aromatic nitrogens is 2. The fraction of sp³-hybridized carbons (Fsp3) is 0.714. The molecule has 0 aliphatic heterocycles. The minimum Gasteiger partial charge on any atom is -0.383 e. The van der Waals surface area contributed by atoms with Crippen LogP contribution in [0.1, 0.15) is 45.1 Å². The first-order chi connectivity index (χ1) is 8.72. The summed E-state index contributed by atoms with van der Waals surface area (Å²) in [6.07, 6.45) is 7.85. The van der Waals surface area contributed by atoms with E-state index in [1.807, 2.05) is 0 Å². The quantitative estimate of drug-likeness (QED) is 0.860. The molecule has 0 aromatic carbocycles. The van der Waals surface area contributed by atoms with Gasteiger partial charge in [-0.25, -0.2) is 9.97 Å². The summed E-state index contributed by atoms with van der Waals surface area (Å²) in [5, 5.41) is 3.47. The van der Waals surface area contributed by atoms with E-state index in [1.165, 1.54) is 25.7 Å². The van der Waals surface area contributed by atoms with Gasteiger partial charge in [-0.05, 0) is 24.7 Å². The van der Waals surface area contributed by atoms with Crippen molar-refractivity contribution in [1.82, 2.24) is 9.97 Å². The number of anilines is 2. The van der Waals surface area contributed by atoms with Crippen molar-refractivity contribution in [2.24, 2.45) is 11.8 Å². The van der Waals surface area contributed by atoms with Crippen LogP contribution in [0.15, 0.2) is 6.33 Å². The molecule has 1 saturated carbocycles. The van der Waals surface area contributed by atoms with Gasteiger partial charge in [0.2, 0.25) is 0 Å². The van der Waals surface area contributed by atoms with Gasteiger partial charge in [0.25, 0.3) is 0 Å². The summed E-state index contributed by atoms with van der Waals surface area (Å²) >= 11 is 0. The lowest BCUT2D eigenvalue weighted by Gasteiger charge is -2.29. The third-order valence-corrected chi connectivity index (χ3v) is 4.15. The summed E-state index contributed by atoms with van der Waals surface area (Å²) in [5.74, 6) is 3.10. The zero-order chi connectivity index (χ0) is 13.0. The van der Waals surface area contributed by atoms with E-state index in [4.69, 9.17) is 5.73 Å². The van der Waals surface area contributed by atoms with E-state index in [9.17, 15) is 0 Å². The standard InChI is InChI=1S/C14H24N4/c1-3-12-13(15)17-9-18-14(12)16-8-11-7-5-4-6-10(11)2/h9-11H,3-8H2,1-2H3,(H3,15,16,17,18). The normalized spacial score (nSPS) is 23.9. The van der Waals surface area contributed by atoms with Gasteiger partial charge < -0.3 is 11.1 Å². The van der Waals surface area contributed by atoms with Crippen molar-refractivity contribution in [2.45, 2.75) is 46.0 Å². The van der Waals surface area contributed by atoms with E-state index in [-0.39, 0.29) is 0 Å². The Balaban J connectivity index is 1.99. The summed E-state index contributed by atoms with van der Waals surface area (Å²) in [6, 6.07) is 0. The predicted molar refractivity (Wildman–Crippen MR) is 75.4 cm³/mol. The Morgan fingerprint density at radius 3 is 2.83 bits per heavy atom. The van der Waals surface area contributed by atoms with Crippen molar-refractivity contribution < 1.29 is 0 Å². The molecule has 0 bridgehead atoms. The first-order valence-electron chi connectivity index (χ1n) is 7.05. The molecular formula is C14H24N4. The van der Waals surface area contributed by atoms with Gasteiger partial charge in [0, 0.05) is 12.1 Å². The van der Waals surface area contributed by atoms with E-state index < -0.39 is 0 Å². The molecule has 4 nitrogen and oxygen atoms in total. The Morgan fingerprint density at radius 2 is 2.11 bits per heavy atom. The molecule has 1 heterocycles. The summed E-state index contributed by atoms with van der Waals surface area (Å²) in [5.41, 5.74) is 6.92. The third kappa shape index (κ3) is 2.92. The van der Waals surface area contributed by atoms with E-state index in [0.29, 0.717) is 5.82 Å². The van der Waals surface area contributed by atoms with Crippen LogP contribution in [-0.2, 0) is 6.42 Å². The summed E-state index contributed by atoms with van der Waals surface area (Å²) in [4.78, 5) is 8.36. The second-order valence-corrected chi connectivity index (χ2v) is 5.34. The molecule has 0 radical (unpaired) electrons. The SMILES string of the molecule is CCc1c(N)ncnc1NCC1CCCCC1C. The van der Waals surface area contributed by atoms with E-state index >= 15 is 0 Å². The van der Waals surface area contributed by atoms with Gasteiger partial charge >= 0.3 is 0 Å². The zero-order valence-electron chi connectivity index (χ0n) is 11.4. The number of nitrogens with one attached hydrogen (secondary N) is 1. The molecule has 100 valence electrons. The minimum atomic E-state index is 0.603. The summed E-state index contributed by atoms with van der Waals surface area (Å²) in [6.45, 7) is 5.45. The molecular weight excluding hydrogens is 224 g/mol. The molecule has 1 aliphatic rings. The maximum Gasteiger partial charge on any atom is 0.134 e. The van der Waals surface area contributed by atoms with Gasteiger partial charge in [-0.2, -0.15) is 0 Å². The maximum atomic E-state index is 5.88. The van der Waals surface area contributed by atoms with Crippen molar-refractivity contribution in [2.75, 3.05) is 17.6 Å². The Kier molecular flexibility index (Phi) is 4.39. The minimum absolute atomic E-state index is 0.603. The molecule has 0 spiro atoms. The van der Waals surface area contributed by atoms with E-state index in [1.54, 1.807) is 6.33 Å². The van der Waals surface area contributed by atoms with Crippen LogP contribution in [0, 0.1) is 11.8 Å².